The maximum absolute atomic E-state index is 5.91. The molecule has 0 saturated heterocycles. The first kappa shape index (κ1) is 9.19. The predicted octanol–water partition coefficient (Wildman–Crippen LogP) is 1.91. The van der Waals surface area contributed by atoms with Crippen LogP contribution in [0.25, 0.3) is 0 Å². The molecule has 1 aliphatic heterocycles. The van der Waals surface area contributed by atoms with Crippen molar-refractivity contribution >= 4 is 17.1 Å². The number of likely N-dealkylation sites (N-methyl/N-ethyl adjacent to an activating group) is 1. The summed E-state index contributed by atoms with van der Waals surface area (Å²) in [5.74, 6) is 0. The van der Waals surface area contributed by atoms with E-state index in [-0.39, 0.29) is 0 Å². The molecule has 1 aromatic rings. The zero-order valence-electron chi connectivity index (χ0n) is 8.75. The van der Waals surface area contributed by atoms with Crippen molar-refractivity contribution in [2.45, 2.75) is 19.9 Å². The van der Waals surface area contributed by atoms with E-state index in [0.717, 1.165) is 24.5 Å². The minimum Gasteiger partial charge on any atom is -0.397 e. The van der Waals surface area contributed by atoms with Gasteiger partial charge in [-0.1, -0.05) is 6.07 Å². The molecule has 14 heavy (non-hydrogen) atoms. The molecular formula is C11H17N3. The fraction of sp³-hybridized carbons (Fsp3) is 0.455. The van der Waals surface area contributed by atoms with Gasteiger partial charge >= 0.3 is 0 Å². The van der Waals surface area contributed by atoms with Crippen LogP contribution < -0.4 is 16.0 Å². The van der Waals surface area contributed by atoms with E-state index in [2.05, 4.69) is 30.1 Å². The average molecular weight is 191 g/mol. The van der Waals surface area contributed by atoms with Crippen molar-refractivity contribution in [3.05, 3.63) is 18.2 Å². The van der Waals surface area contributed by atoms with Gasteiger partial charge in [0, 0.05) is 19.1 Å². The molecule has 0 radical (unpaired) electrons. The molecular weight excluding hydrogens is 174 g/mol. The largest absolute Gasteiger partial charge is 0.397 e. The van der Waals surface area contributed by atoms with Gasteiger partial charge in [-0.25, -0.2) is 0 Å². The van der Waals surface area contributed by atoms with Crippen LogP contribution in [0.1, 0.15) is 13.8 Å². The molecule has 0 bridgehead atoms. The molecule has 0 spiro atoms. The van der Waals surface area contributed by atoms with Crippen molar-refractivity contribution < 1.29 is 0 Å². The topological polar surface area (TPSA) is 41.3 Å². The average Bonchev–Trinajstić information content (AvgIpc) is 2.18. The Hall–Kier alpha value is -1.38. The van der Waals surface area contributed by atoms with Crippen molar-refractivity contribution in [2.75, 3.05) is 29.0 Å². The Kier molecular flexibility index (Phi) is 2.23. The van der Waals surface area contributed by atoms with Crippen molar-refractivity contribution in [2.24, 2.45) is 0 Å². The highest BCUT2D eigenvalue weighted by Crippen LogP contribution is 2.35. The number of nitrogens with one attached hydrogen (secondary N) is 1. The lowest BCUT2D eigenvalue weighted by molar-refractivity contribution is 0.659. The Morgan fingerprint density at radius 2 is 2.36 bits per heavy atom. The Morgan fingerprint density at radius 1 is 1.57 bits per heavy atom. The first-order valence-electron chi connectivity index (χ1n) is 5.13. The lowest BCUT2D eigenvalue weighted by Crippen LogP contribution is -2.42. The van der Waals surface area contributed by atoms with Gasteiger partial charge in [-0.3, -0.25) is 0 Å². The highest BCUT2D eigenvalue weighted by Gasteiger charge is 2.22. The Labute approximate surface area is 84.9 Å². The molecule has 0 aromatic heterocycles. The summed E-state index contributed by atoms with van der Waals surface area (Å²) in [6.07, 6.45) is 0. The van der Waals surface area contributed by atoms with Gasteiger partial charge in [0.15, 0.2) is 0 Å². The summed E-state index contributed by atoms with van der Waals surface area (Å²) < 4.78 is 0. The molecule has 0 aliphatic carbocycles. The van der Waals surface area contributed by atoms with Crippen LogP contribution in [0.15, 0.2) is 18.2 Å². The van der Waals surface area contributed by atoms with E-state index < -0.39 is 0 Å². The molecule has 0 saturated carbocycles. The quantitative estimate of drug-likeness (QED) is 0.666. The molecule has 1 heterocycles. The van der Waals surface area contributed by atoms with Crippen LogP contribution in [0.4, 0.5) is 17.1 Å². The number of anilines is 3. The normalized spacial score (nSPS) is 20.1. The molecule has 2 rings (SSSR count). The lowest BCUT2D eigenvalue weighted by Gasteiger charge is -2.37. The Balaban J connectivity index is 2.46. The summed E-state index contributed by atoms with van der Waals surface area (Å²) in [6, 6.07) is 6.61. The number of rotatable bonds is 1. The van der Waals surface area contributed by atoms with Crippen LogP contribution in [0, 0.1) is 0 Å². The molecule has 76 valence electrons. The number of nitrogens with two attached hydrogens (primary N) is 1. The molecule has 1 unspecified atom stereocenters. The van der Waals surface area contributed by atoms with Gasteiger partial charge in [-0.2, -0.15) is 0 Å². The van der Waals surface area contributed by atoms with Gasteiger partial charge in [-0.05, 0) is 26.0 Å². The highest BCUT2D eigenvalue weighted by molar-refractivity contribution is 5.83. The molecule has 3 N–H and O–H groups in total. The molecule has 1 atom stereocenters. The zero-order valence-corrected chi connectivity index (χ0v) is 8.75. The van der Waals surface area contributed by atoms with E-state index in [4.69, 9.17) is 5.73 Å². The summed E-state index contributed by atoms with van der Waals surface area (Å²) in [4.78, 5) is 2.38. The van der Waals surface area contributed by atoms with E-state index in [9.17, 15) is 0 Å². The summed E-state index contributed by atoms with van der Waals surface area (Å²) in [7, 11) is 0. The van der Waals surface area contributed by atoms with Crippen LogP contribution >= 0.6 is 0 Å². The molecule has 0 fully saturated rings. The Bertz CT molecular complexity index is 335. The van der Waals surface area contributed by atoms with Crippen molar-refractivity contribution in [3.8, 4) is 0 Å². The maximum atomic E-state index is 5.91. The third-order valence-corrected chi connectivity index (χ3v) is 2.83. The maximum Gasteiger partial charge on any atom is 0.0812 e. The van der Waals surface area contributed by atoms with Gasteiger partial charge in [0.2, 0.25) is 0 Å². The second-order valence-electron chi connectivity index (χ2n) is 3.76. The standard InChI is InChI=1S/C11H17N3/c1-3-14-8(2)7-13-11-9(12)5-4-6-10(11)14/h4-6,8,13H,3,7,12H2,1-2H3. The number of para-hydroxylation sites is 1. The van der Waals surface area contributed by atoms with Gasteiger partial charge in [0.1, 0.15) is 0 Å². The van der Waals surface area contributed by atoms with Crippen LogP contribution in [0.5, 0.6) is 0 Å². The van der Waals surface area contributed by atoms with E-state index in [1.165, 1.54) is 5.69 Å². The number of fused-ring (bicyclic) bond motifs is 1. The van der Waals surface area contributed by atoms with Crippen molar-refractivity contribution in [1.29, 1.82) is 0 Å². The lowest BCUT2D eigenvalue weighted by atomic mass is 10.1. The first-order valence-corrected chi connectivity index (χ1v) is 5.13. The summed E-state index contributed by atoms with van der Waals surface area (Å²) in [5.41, 5.74) is 9.07. The van der Waals surface area contributed by atoms with E-state index in [1.807, 2.05) is 12.1 Å². The van der Waals surface area contributed by atoms with Crippen molar-refractivity contribution in [3.63, 3.8) is 0 Å². The SMILES string of the molecule is CCN1c2cccc(N)c2NCC1C. The summed E-state index contributed by atoms with van der Waals surface area (Å²) in [5, 5.41) is 3.38. The molecule has 0 amide bonds. The Morgan fingerprint density at radius 3 is 3.07 bits per heavy atom. The number of nitrogen functional groups attached to an aromatic ring is 1. The fourth-order valence-electron chi connectivity index (χ4n) is 2.07. The first-order chi connectivity index (χ1) is 6.74. The van der Waals surface area contributed by atoms with Gasteiger partial charge in [-0.15, -0.1) is 0 Å². The third kappa shape index (κ3) is 1.29. The molecule has 3 heteroatoms. The zero-order chi connectivity index (χ0) is 10.1. The van der Waals surface area contributed by atoms with Gasteiger partial charge < -0.3 is 16.0 Å². The second kappa shape index (κ2) is 3.40. The van der Waals surface area contributed by atoms with E-state index in [1.54, 1.807) is 0 Å². The second-order valence-corrected chi connectivity index (χ2v) is 3.76. The number of benzene rings is 1. The van der Waals surface area contributed by atoms with Gasteiger partial charge in [0.05, 0.1) is 17.1 Å². The highest BCUT2D eigenvalue weighted by atomic mass is 15.2. The number of nitrogens with zero attached hydrogens (tertiary/aromatic N) is 1. The minimum absolute atomic E-state index is 0.536. The van der Waals surface area contributed by atoms with Crippen LogP contribution in [0.3, 0.4) is 0 Å². The minimum atomic E-state index is 0.536. The van der Waals surface area contributed by atoms with Gasteiger partial charge in [0.25, 0.3) is 0 Å². The van der Waals surface area contributed by atoms with Crippen LogP contribution in [0.2, 0.25) is 0 Å². The molecule has 3 nitrogen and oxygen atoms in total. The predicted molar refractivity (Wildman–Crippen MR) is 61.8 cm³/mol. The third-order valence-electron chi connectivity index (χ3n) is 2.83. The van der Waals surface area contributed by atoms with Crippen LogP contribution in [-0.4, -0.2) is 19.1 Å². The fourth-order valence-corrected chi connectivity index (χ4v) is 2.07. The smallest absolute Gasteiger partial charge is 0.0812 e. The molecule has 1 aliphatic rings. The molecule has 1 aromatic carbocycles. The number of hydrogen-bond donors (Lipinski definition) is 2. The van der Waals surface area contributed by atoms with E-state index in [0.29, 0.717) is 6.04 Å². The summed E-state index contributed by atoms with van der Waals surface area (Å²) >= 11 is 0. The van der Waals surface area contributed by atoms with Crippen molar-refractivity contribution in [1.82, 2.24) is 0 Å². The van der Waals surface area contributed by atoms with E-state index >= 15 is 0 Å². The van der Waals surface area contributed by atoms with Crippen LogP contribution in [-0.2, 0) is 0 Å². The number of hydrogen-bond acceptors (Lipinski definition) is 3. The summed E-state index contributed by atoms with van der Waals surface area (Å²) in [6.45, 7) is 6.39. The monoisotopic (exact) mass is 191 g/mol.